The van der Waals surface area contributed by atoms with Gasteiger partial charge in [-0.1, -0.05) is 0 Å². The van der Waals surface area contributed by atoms with E-state index < -0.39 is 0 Å². The van der Waals surface area contributed by atoms with Gasteiger partial charge in [0.15, 0.2) is 0 Å². The van der Waals surface area contributed by atoms with Crippen molar-refractivity contribution >= 4 is 11.8 Å². The first-order valence-corrected chi connectivity index (χ1v) is 9.68. The molecule has 144 valence electrons. The van der Waals surface area contributed by atoms with E-state index in [0.717, 1.165) is 57.2 Å². The molecule has 0 saturated carbocycles. The quantitative estimate of drug-likeness (QED) is 0.713. The molecule has 2 aliphatic rings. The molecule has 1 N–H and O–H groups in total. The van der Waals surface area contributed by atoms with Crippen molar-refractivity contribution in [2.24, 2.45) is 5.41 Å². The summed E-state index contributed by atoms with van der Waals surface area (Å²) in [5.74, 6) is 0.420. The van der Waals surface area contributed by atoms with Gasteiger partial charge in [0.2, 0.25) is 11.8 Å². The highest BCUT2D eigenvalue weighted by Gasteiger charge is 2.49. The number of amides is 2. The van der Waals surface area contributed by atoms with Crippen LogP contribution in [0.2, 0.25) is 0 Å². The Morgan fingerprint density at radius 1 is 1.35 bits per heavy atom. The Labute approximate surface area is 155 Å². The third-order valence-electron chi connectivity index (χ3n) is 5.72. The molecule has 0 radical (unpaired) electrons. The molecule has 2 aliphatic heterocycles. The number of carbonyl (C=O) groups excluding carboxylic acids is 2. The number of nitrogens with zero attached hydrogens (tertiary/aromatic N) is 3. The van der Waals surface area contributed by atoms with E-state index in [9.17, 15) is 9.59 Å². The van der Waals surface area contributed by atoms with E-state index in [4.69, 9.17) is 4.74 Å². The van der Waals surface area contributed by atoms with E-state index in [-0.39, 0.29) is 17.2 Å². The summed E-state index contributed by atoms with van der Waals surface area (Å²) in [4.78, 5) is 29.5. The maximum Gasteiger partial charge on any atom is 0.230 e. The Morgan fingerprint density at radius 3 is 3.00 bits per heavy atom. The summed E-state index contributed by atoms with van der Waals surface area (Å²) in [5.41, 5.74) is 0.788. The van der Waals surface area contributed by atoms with Gasteiger partial charge in [0.05, 0.1) is 11.6 Å². The lowest BCUT2D eigenvalue weighted by Gasteiger charge is -2.39. The maximum atomic E-state index is 13.0. The van der Waals surface area contributed by atoms with Crippen molar-refractivity contribution in [2.45, 2.75) is 44.9 Å². The summed E-state index contributed by atoms with van der Waals surface area (Å²) in [6, 6.07) is 0. The number of carbonyl (C=O) groups is 2. The highest BCUT2D eigenvalue weighted by molar-refractivity contribution is 5.86. The lowest BCUT2D eigenvalue weighted by molar-refractivity contribution is -0.146. The molecule has 1 spiro atoms. The molecule has 3 rings (SSSR count). The first kappa shape index (κ1) is 18.9. The summed E-state index contributed by atoms with van der Waals surface area (Å²) >= 11 is 0. The molecule has 1 aromatic rings. The molecule has 2 amide bonds. The smallest absolute Gasteiger partial charge is 0.230 e. The van der Waals surface area contributed by atoms with E-state index in [1.165, 1.54) is 0 Å². The minimum atomic E-state index is -0.342. The van der Waals surface area contributed by atoms with Gasteiger partial charge < -0.3 is 14.5 Å². The number of likely N-dealkylation sites (tertiary alicyclic amines) is 2. The largest absolute Gasteiger partial charge is 0.385 e. The van der Waals surface area contributed by atoms with Crippen LogP contribution in [-0.2, 0) is 20.7 Å². The monoisotopic (exact) mass is 362 g/mol. The van der Waals surface area contributed by atoms with Crippen LogP contribution in [0.25, 0.3) is 0 Å². The van der Waals surface area contributed by atoms with Crippen molar-refractivity contribution in [2.75, 3.05) is 39.9 Å². The van der Waals surface area contributed by atoms with Crippen molar-refractivity contribution in [3.8, 4) is 0 Å². The van der Waals surface area contributed by atoms with Gasteiger partial charge in [-0.2, -0.15) is 5.10 Å². The Hall–Kier alpha value is -1.89. The molecule has 0 aromatic carbocycles. The van der Waals surface area contributed by atoms with Crippen LogP contribution in [-0.4, -0.2) is 71.7 Å². The summed E-state index contributed by atoms with van der Waals surface area (Å²) in [6.45, 7) is 3.58. The zero-order valence-electron chi connectivity index (χ0n) is 15.7. The highest BCUT2D eigenvalue weighted by Crippen LogP contribution is 2.40. The Morgan fingerprint density at radius 2 is 2.23 bits per heavy atom. The molecule has 3 heterocycles. The number of ether oxygens (including phenoxy) is 1. The van der Waals surface area contributed by atoms with Gasteiger partial charge in [0.25, 0.3) is 0 Å². The van der Waals surface area contributed by atoms with E-state index in [2.05, 4.69) is 10.2 Å². The Bertz CT molecular complexity index is 604. The minimum absolute atomic E-state index is 0.176. The number of aryl methyl sites for hydroxylation is 1. The van der Waals surface area contributed by atoms with Crippen molar-refractivity contribution in [1.29, 1.82) is 0 Å². The molecule has 1 atom stereocenters. The first-order chi connectivity index (χ1) is 12.6. The number of nitrogens with one attached hydrogen (secondary N) is 1. The zero-order chi connectivity index (χ0) is 18.4. The van der Waals surface area contributed by atoms with Crippen LogP contribution in [0.1, 0.15) is 44.1 Å². The maximum absolute atomic E-state index is 13.0. The van der Waals surface area contributed by atoms with Gasteiger partial charge in [-0.25, -0.2) is 0 Å². The second-order valence-electron chi connectivity index (χ2n) is 7.55. The number of hydrogen-bond acceptors (Lipinski definition) is 4. The van der Waals surface area contributed by atoms with Crippen molar-refractivity contribution < 1.29 is 14.3 Å². The molecule has 1 aromatic heterocycles. The van der Waals surface area contributed by atoms with Crippen LogP contribution in [0.4, 0.5) is 0 Å². The Balaban J connectivity index is 1.49. The lowest BCUT2D eigenvalue weighted by atomic mass is 9.78. The molecular weight excluding hydrogens is 332 g/mol. The number of aromatic nitrogens is 2. The lowest BCUT2D eigenvalue weighted by Crippen LogP contribution is -2.50. The molecule has 7 nitrogen and oxygen atoms in total. The topological polar surface area (TPSA) is 78.5 Å². The number of H-pyrrole nitrogens is 1. The molecule has 0 unspecified atom stereocenters. The standard InChI is InChI=1S/C19H30N4O3/c1-26-12-4-10-22-9-3-7-19(18(22)25)8-11-23(15-19)17(24)6-2-5-16-13-20-21-14-16/h13-14H,2-12,15H2,1H3,(H,20,21)/t19-/m1/s1. The van der Waals surface area contributed by atoms with E-state index >= 15 is 0 Å². The summed E-state index contributed by atoms with van der Waals surface area (Å²) < 4.78 is 5.10. The van der Waals surface area contributed by atoms with Gasteiger partial charge in [0, 0.05) is 52.5 Å². The van der Waals surface area contributed by atoms with Gasteiger partial charge in [-0.15, -0.1) is 0 Å². The number of hydrogen-bond donors (Lipinski definition) is 1. The molecule has 0 bridgehead atoms. The highest BCUT2D eigenvalue weighted by atomic mass is 16.5. The van der Waals surface area contributed by atoms with Gasteiger partial charge in [-0.3, -0.25) is 14.7 Å². The molecule has 26 heavy (non-hydrogen) atoms. The van der Waals surface area contributed by atoms with E-state index in [0.29, 0.717) is 26.1 Å². The zero-order valence-corrected chi connectivity index (χ0v) is 15.7. The normalized spacial score (nSPS) is 23.2. The summed E-state index contributed by atoms with van der Waals surface area (Å²) in [6.07, 6.45) is 9.49. The van der Waals surface area contributed by atoms with E-state index in [1.54, 1.807) is 13.3 Å². The minimum Gasteiger partial charge on any atom is -0.385 e. The molecule has 0 aliphatic carbocycles. The number of piperidine rings is 1. The van der Waals surface area contributed by atoms with Crippen molar-refractivity contribution in [3.63, 3.8) is 0 Å². The van der Waals surface area contributed by atoms with Gasteiger partial charge in [-0.05, 0) is 44.1 Å². The fourth-order valence-corrected chi connectivity index (χ4v) is 4.25. The SMILES string of the molecule is COCCCN1CCC[C@]2(CCN(C(=O)CCCc3cn[nH]c3)C2)C1=O. The van der Waals surface area contributed by atoms with Gasteiger partial charge in [0.1, 0.15) is 0 Å². The average molecular weight is 362 g/mol. The average Bonchev–Trinajstić information content (AvgIpc) is 3.30. The molecular formula is C19H30N4O3. The predicted molar refractivity (Wildman–Crippen MR) is 97.5 cm³/mol. The predicted octanol–water partition coefficient (Wildman–Crippen LogP) is 1.61. The molecule has 7 heteroatoms. The summed E-state index contributed by atoms with van der Waals surface area (Å²) in [5, 5.41) is 6.72. The molecule has 2 fully saturated rings. The van der Waals surface area contributed by atoms with Crippen LogP contribution in [0.3, 0.4) is 0 Å². The number of rotatable bonds is 8. The first-order valence-electron chi connectivity index (χ1n) is 9.68. The third-order valence-corrected chi connectivity index (χ3v) is 5.72. The summed E-state index contributed by atoms with van der Waals surface area (Å²) in [7, 11) is 1.69. The van der Waals surface area contributed by atoms with Crippen LogP contribution < -0.4 is 0 Å². The van der Waals surface area contributed by atoms with Crippen LogP contribution in [0.15, 0.2) is 12.4 Å². The third kappa shape index (κ3) is 4.26. The van der Waals surface area contributed by atoms with Gasteiger partial charge >= 0.3 is 0 Å². The van der Waals surface area contributed by atoms with Crippen LogP contribution >= 0.6 is 0 Å². The fraction of sp³-hybridized carbons (Fsp3) is 0.737. The van der Waals surface area contributed by atoms with Crippen LogP contribution in [0, 0.1) is 5.41 Å². The van der Waals surface area contributed by atoms with Crippen molar-refractivity contribution in [1.82, 2.24) is 20.0 Å². The second kappa shape index (κ2) is 8.66. The Kier molecular flexibility index (Phi) is 6.29. The molecule has 2 saturated heterocycles. The van der Waals surface area contributed by atoms with Crippen LogP contribution in [0.5, 0.6) is 0 Å². The van der Waals surface area contributed by atoms with Crippen molar-refractivity contribution in [3.05, 3.63) is 18.0 Å². The number of aromatic amines is 1. The van der Waals surface area contributed by atoms with E-state index in [1.807, 2.05) is 16.0 Å². The fourth-order valence-electron chi connectivity index (χ4n) is 4.25. The second-order valence-corrected chi connectivity index (χ2v) is 7.55. The number of methoxy groups -OCH3 is 1.